The van der Waals surface area contributed by atoms with Crippen LogP contribution in [-0.4, -0.2) is 0 Å². The molecule has 0 radical (unpaired) electrons. The van der Waals surface area contributed by atoms with Gasteiger partial charge < -0.3 is 0 Å². The van der Waals surface area contributed by atoms with Crippen molar-refractivity contribution in [3.63, 3.8) is 0 Å². The van der Waals surface area contributed by atoms with E-state index in [0.717, 1.165) is 10.9 Å². The van der Waals surface area contributed by atoms with Gasteiger partial charge in [0.2, 0.25) is 0 Å². The molecule has 2 aromatic rings. The predicted molar refractivity (Wildman–Crippen MR) is 92.0 cm³/mol. The third-order valence-electron chi connectivity index (χ3n) is 3.93. The maximum Gasteiger partial charge on any atom is 0.0430 e. The van der Waals surface area contributed by atoms with Crippen LogP contribution in [-0.2, 0) is 4.75 Å². The van der Waals surface area contributed by atoms with E-state index in [1.165, 1.54) is 11.1 Å². The van der Waals surface area contributed by atoms with Crippen molar-refractivity contribution in [2.45, 2.75) is 24.0 Å². The minimum Gasteiger partial charge on any atom is -0.123 e. The van der Waals surface area contributed by atoms with Gasteiger partial charge in [0.15, 0.2) is 0 Å². The first-order valence-electron chi connectivity index (χ1n) is 6.83. The number of benzene rings is 2. The smallest absolute Gasteiger partial charge is 0.0430 e. The molecule has 2 heteroatoms. The normalized spacial score (nSPS) is 25.6. The Morgan fingerprint density at radius 2 is 1.75 bits per heavy atom. The van der Waals surface area contributed by atoms with Crippen LogP contribution in [0.25, 0.3) is 0 Å². The summed E-state index contributed by atoms with van der Waals surface area (Å²) in [6.07, 6.45) is 3.47. The summed E-state index contributed by atoms with van der Waals surface area (Å²) < 4.78 is 1.29. The minimum atomic E-state index is 0.149. The molecule has 0 unspecified atom stereocenters. The van der Waals surface area contributed by atoms with Crippen LogP contribution in [0.4, 0.5) is 0 Å². The quantitative estimate of drug-likeness (QED) is 0.634. The lowest BCUT2D eigenvalue weighted by Gasteiger charge is -2.35. The molecule has 2 atom stereocenters. The Hall–Kier alpha value is -0.990. The number of rotatable bonds is 2. The Labute approximate surface area is 133 Å². The van der Waals surface area contributed by atoms with Crippen LogP contribution in [0, 0.1) is 0 Å². The maximum atomic E-state index is 3.51. The van der Waals surface area contributed by atoms with E-state index >= 15 is 0 Å². The van der Waals surface area contributed by atoms with Gasteiger partial charge in [-0.2, -0.15) is 0 Å². The third-order valence-corrected chi connectivity index (χ3v) is 5.68. The average molecular weight is 345 g/mol. The highest BCUT2D eigenvalue weighted by molar-refractivity contribution is 9.10. The van der Waals surface area contributed by atoms with E-state index < -0.39 is 0 Å². The molecule has 0 aliphatic carbocycles. The van der Waals surface area contributed by atoms with Gasteiger partial charge in [0.25, 0.3) is 0 Å². The van der Waals surface area contributed by atoms with E-state index in [1.54, 1.807) is 0 Å². The lowest BCUT2D eigenvalue weighted by Crippen LogP contribution is -2.22. The molecule has 1 aliphatic heterocycles. The van der Waals surface area contributed by atoms with Crippen LogP contribution in [0.1, 0.15) is 30.4 Å². The van der Waals surface area contributed by atoms with Crippen molar-refractivity contribution in [3.05, 3.63) is 81.7 Å². The Morgan fingerprint density at radius 1 is 1.05 bits per heavy atom. The summed E-state index contributed by atoms with van der Waals surface area (Å²) in [4.78, 5) is 0. The molecular weight excluding hydrogens is 328 g/mol. The van der Waals surface area contributed by atoms with E-state index in [1.807, 2.05) is 11.8 Å². The van der Waals surface area contributed by atoms with Crippen molar-refractivity contribution in [1.29, 1.82) is 0 Å². The Morgan fingerprint density at radius 3 is 2.45 bits per heavy atom. The highest BCUT2D eigenvalue weighted by Gasteiger charge is 2.32. The zero-order valence-electron chi connectivity index (χ0n) is 11.4. The highest BCUT2D eigenvalue weighted by Crippen LogP contribution is 2.48. The molecule has 1 heterocycles. The van der Waals surface area contributed by atoms with Crippen molar-refractivity contribution in [1.82, 2.24) is 0 Å². The molecule has 0 saturated carbocycles. The number of thioether (sulfide) groups is 1. The van der Waals surface area contributed by atoms with Gasteiger partial charge in [-0.25, -0.2) is 0 Å². The van der Waals surface area contributed by atoms with Crippen LogP contribution in [0.3, 0.4) is 0 Å². The maximum absolute atomic E-state index is 3.51. The van der Waals surface area contributed by atoms with Gasteiger partial charge in [0, 0.05) is 15.1 Å². The highest BCUT2D eigenvalue weighted by atomic mass is 79.9. The first-order chi connectivity index (χ1) is 9.67. The summed E-state index contributed by atoms with van der Waals surface area (Å²) in [5, 5.41) is 2.27. The summed E-state index contributed by atoms with van der Waals surface area (Å²) in [7, 11) is 0. The Balaban J connectivity index is 1.89. The fourth-order valence-electron chi connectivity index (χ4n) is 2.74. The van der Waals surface area contributed by atoms with E-state index in [4.69, 9.17) is 0 Å². The largest absolute Gasteiger partial charge is 0.123 e. The van der Waals surface area contributed by atoms with E-state index in [2.05, 4.69) is 88.9 Å². The van der Waals surface area contributed by atoms with Gasteiger partial charge in [-0.15, -0.1) is 11.8 Å². The number of hydrogen-bond donors (Lipinski definition) is 0. The molecule has 0 saturated heterocycles. The van der Waals surface area contributed by atoms with Crippen LogP contribution < -0.4 is 0 Å². The molecule has 0 spiro atoms. The summed E-state index contributed by atoms with van der Waals surface area (Å²) in [6, 6.07) is 19.5. The lowest BCUT2D eigenvalue weighted by molar-refractivity contribution is 0.575. The topological polar surface area (TPSA) is 0 Å². The predicted octanol–water partition coefficient (Wildman–Crippen LogP) is 6.10. The number of halogens is 1. The van der Waals surface area contributed by atoms with Crippen LogP contribution in [0.2, 0.25) is 0 Å². The van der Waals surface area contributed by atoms with Crippen LogP contribution in [0.5, 0.6) is 0 Å². The zero-order chi connectivity index (χ0) is 14.0. The van der Waals surface area contributed by atoms with Crippen LogP contribution >= 0.6 is 27.7 Å². The van der Waals surface area contributed by atoms with Gasteiger partial charge in [-0.05, 0) is 42.0 Å². The molecular formula is C18H17BrS. The molecule has 0 N–H and O–H groups in total. The van der Waals surface area contributed by atoms with E-state index in [9.17, 15) is 0 Å². The Kier molecular flexibility index (Phi) is 4.04. The standard InChI is InChI=1S/C18H17BrS/c1-18(16-7-9-17(19)10-8-16)13-15(11-12-20-18)14-5-3-2-4-6-14/h2-12,15H,13H2,1H3/t15-,18-/m0/s1. The summed E-state index contributed by atoms with van der Waals surface area (Å²) >= 11 is 5.44. The summed E-state index contributed by atoms with van der Waals surface area (Å²) in [6.45, 7) is 2.35. The van der Waals surface area contributed by atoms with Crippen molar-refractivity contribution in [2.75, 3.05) is 0 Å². The van der Waals surface area contributed by atoms with Gasteiger partial charge in [0.1, 0.15) is 0 Å². The Bertz CT molecular complexity index is 603. The molecule has 2 aromatic carbocycles. The fourth-order valence-corrected chi connectivity index (χ4v) is 4.12. The molecule has 102 valence electrons. The molecule has 3 rings (SSSR count). The minimum absolute atomic E-state index is 0.149. The molecule has 0 fully saturated rings. The first-order valence-corrected chi connectivity index (χ1v) is 8.50. The second kappa shape index (κ2) is 5.79. The molecule has 0 bridgehead atoms. The lowest BCUT2D eigenvalue weighted by atomic mass is 9.85. The average Bonchev–Trinajstić information content (AvgIpc) is 2.49. The van der Waals surface area contributed by atoms with Gasteiger partial charge in [-0.3, -0.25) is 0 Å². The third kappa shape index (κ3) is 2.87. The van der Waals surface area contributed by atoms with E-state index in [-0.39, 0.29) is 4.75 Å². The summed E-state index contributed by atoms with van der Waals surface area (Å²) in [5.41, 5.74) is 2.81. The van der Waals surface area contributed by atoms with Crippen molar-refractivity contribution in [3.8, 4) is 0 Å². The molecule has 0 aromatic heterocycles. The van der Waals surface area contributed by atoms with E-state index in [0.29, 0.717) is 5.92 Å². The van der Waals surface area contributed by atoms with Gasteiger partial charge in [0.05, 0.1) is 0 Å². The number of allylic oxidation sites excluding steroid dienone is 1. The first kappa shape index (κ1) is 14.0. The molecule has 0 amide bonds. The summed E-state index contributed by atoms with van der Waals surface area (Å²) in [5.74, 6) is 0.506. The van der Waals surface area contributed by atoms with Gasteiger partial charge >= 0.3 is 0 Å². The van der Waals surface area contributed by atoms with Crippen LogP contribution in [0.15, 0.2) is 70.6 Å². The molecule has 20 heavy (non-hydrogen) atoms. The van der Waals surface area contributed by atoms with Crippen molar-refractivity contribution >= 4 is 27.7 Å². The van der Waals surface area contributed by atoms with Gasteiger partial charge in [-0.1, -0.05) is 64.5 Å². The molecule has 1 aliphatic rings. The molecule has 0 nitrogen and oxygen atoms in total. The second-order valence-electron chi connectivity index (χ2n) is 5.41. The van der Waals surface area contributed by atoms with Crippen molar-refractivity contribution in [2.24, 2.45) is 0 Å². The fraction of sp³-hybridized carbons (Fsp3) is 0.222. The monoisotopic (exact) mass is 344 g/mol. The van der Waals surface area contributed by atoms with Crippen molar-refractivity contribution < 1.29 is 0 Å². The zero-order valence-corrected chi connectivity index (χ0v) is 13.8. The second-order valence-corrected chi connectivity index (χ2v) is 7.73. The SMILES string of the molecule is C[C@@]1(c2ccc(Br)cc2)C[C@@H](c2ccccc2)C=CS1. The number of hydrogen-bond acceptors (Lipinski definition) is 1.